The molecule has 6 nitrogen and oxygen atoms in total. The Morgan fingerprint density at radius 2 is 1.69 bits per heavy atom. The van der Waals surface area contributed by atoms with Crippen LogP contribution >= 0.6 is 27.5 Å². The molecular formula is C31H23BrClN3O3. The van der Waals surface area contributed by atoms with Crippen molar-refractivity contribution in [3.63, 3.8) is 0 Å². The molecule has 39 heavy (non-hydrogen) atoms. The average Bonchev–Trinajstić information content (AvgIpc) is 3.29. The summed E-state index contributed by atoms with van der Waals surface area (Å²) < 4.78 is 6.39. The Bertz CT molecular complexity index is 1740. The van der Waals surface area contributed by atoms with Gasteiger partial charge in [-0.05, 0) is 62.4 Å². The van der Waals surface area contributed by atoms with E-state index in [-0.39, 0.29) is 0 Å². The molecule has 0 aliphatic carbocycles. The van der Waals surface area contributed by atoms with Crippen LogP contribution < -0.4 is 10.2 Å². The number of hydrazone groups is 1. The zero-order valence-electron chi connectivity index (χ0n) is 21.1. The number of aromatic amines is 1. The smallest absolute Gasteiger partial charge is 0.343 e. The molecule has 194 valence electrons. The molecule has 0 saturated heterocycles. The number of aryl methyl sites for hydroxylation is 2. The fourth-order valence-electron chi connectivity index (χ4n) is 4.20. The molecule has 0 atom stereocenters. The molecule has 5 aromatic rings. The van der Waals surface area contributed by atoms with Gasteiger partial charge in [0.25, 0.3) is 5.91 Å². The van der Waals surface area contributed by atoms with Crippen LogP contribution in [0.1, 0.15) is 37.5 Å². The van der Waals surface area contributed by atoms with E-state index in [0.29, 0.717) is 33.2 Å². The number of aromatic nitrogens is 1. The molecule has 5 rings (SSSR count). The molecule has 0 radical (unpaired) electrons. The number of carbonyl (C=O) groups excluding carboxylic acids is 2. The first kappa shape index (κ1) is 26.4. The highest BCUT2D eigenvalue weighted by Gasteiger charge is 2.21. The zero-order chi connectivity index (χ0) is 27.5. The first-order valence-electron chi connectivity index (χ1n) is 12.1. The number of ether oxygens (including phenoxy) is 1. The average molecular weight is 601 g/mol. The van der Waals surface area contributed by atoms with Gasteiger partial charge in [-0.1, -0.05) is 75.1 Å². The number of halogens is 2. The predicted molar refractivity (Wildman–Crippen MR) is 159 cm³/mol. The monoisotopic (exact) mass is 599 g/mol. The van der Waals surface area contributed by atoms with Crippen molar-refractivity contribution < 1.29 is 14.3 Å². The number of rotatable bonds is 6. The van der Waals surface area contributed by atoms with Crippen molar-refractivity contribution in [2.75, 3.05) is 0 Å². The first-order chi connectivity index (χ1) is 18.8. The maximum absolute atomic E-state index is 13.3. The SMILES string of the molecule is Cc1ccc(C(=O)Oc2ccc(Br)cc2C=NNC(=O)c2[nH]c3ccc(C)cc3c2-c2ccccc2Cl)cc1. The van der Waals surface area contributed by atoms with Crippen molar-refractivity contribution >= 4 is 56.5 Å². The van der Waals surface area contributed by atoms with Crippen LogP contribution in [0.4, 0.5) is 0 Å². The molecule has 0 saturated carbocycles. The molecule has 0 aliphatic heterocycles. The molecule has 0 aliphatic rings. The molecule has 1 heterocycles. The number of fused-ring (bicyclic) bond motifs is 1. The summed E-state index contributed by atoms with van der Waals surface area (Å²) in [5, 5.41) is 5.58. The Hall–Kier alpha value is -4.20. The number of carbonyl (C=O) groups is 2. The van der Waals surface area contributed by atoms with E-state index >= 15 is 0 Å². The van der Waals surface area contributed by atoms with E-state index < -0.39 is 11.9 Å². The Morgan fingerprint density at radius 1 is 0.949 bits per heavy atom. The molecule has 4 aromatic carbocycles. The van der Waals surface area contributed by atoms with Gasteiger partial charge in [-0.15, -0.1) is 0 Å². The van der Waals surface area contributed by atoms with Crippen LogP contribution in [0, 0.1) is 13.8 Å². The standard InChI is InChI=1S/C31H23BrClN3O3/c1-18-7-10-20(11-8-18)31(38)39-27-14-12-22(32)16-21(27)17-34-36-30(37)29-28(23-5-3-4-6-25(23)33)24-15-19(2)9-13-26(24)35-29/h3-17,35H,1-2H3,(H,36,37). The van der Waals surface area contributed by atoms with Gasteiger partial charge in [0.05, 0.1) is 11.8 Å². The van der Waals surface area contributed by atoms with E-state index in [1.807, 2.05) is 62.4 Å². The van der Waals surface area contributed by atoms with Crippen molar-refractivity contribution in [1.29, 1.82) is 0 Å². The number of H-pyrrole nitrogens is 1. The molecule has 8 heteroatoms. The third kappa shape index (κ3) is 5.79. The van der Waals surface area contributed by atoms with Gasteiger partial charge in [0.1, 0.15) is 11.4 Å². The van der Waals surface area contributed by atoms with Crippen LogP contribution in [0.25, 0.3) is 22.0 Å². The minimum absolute atomic E-state index is 0.305. The lowest BCUT2D eigenvalue weighted by Crippen LogP contribution is -2.19. The summed E-state index contributed by atoms with van der Waals surface area (Å²) in [6, 6.07) is 25.6. The third-order valence-corrected chi connectivity index (χ3v) is 6.98. The zero-order valence-corrected chi connectivity index (χ0v) is 23.4. The van der Waals surface area contributed by atoms with Gasteiger partial charge in [0.15, 0.2) is 0 Å². The van der Waals surface area contributed by atoms with Crippen LogP contribution in [0.3, 0.4) is 0 Å². The van der Waals surface area contributed by atoms with Crippen molar-refractivity contribution in [3.8, 4) is 16.9 Å². The highest BCUT2D eigenvalue weighted by atomic mass is 79.9. The van der Waals surface area contributed by atoms with Crippen LogP contribution in [-0.4, -0.2) is 23.1 Å². The largest absolute Gasteiger partial charge is 0.422 e. The second-order valence-electron chi connectivity index (χ2n) is 9.04. The minimum atomic E-state index is -0.492. The highest BCUT2D eigenvalue weighted by molar-refractivity contribution is 9.10. The highest BCUT2D eigenvalue weighted by Crippen LogP contribution is 2.37. The number of hydrogen-bond acceptors (Lipinski definition) is 4. The molecule has 2 N–H and O–H groups in total. The first-order valence-corrected chi connectivity index (χ1v) is 13.3. The summed E-state index contributed by atoms with van der Waals surface area (Å²) in [6.45, 7) is 3.94. The second kappa shape index (κ2) is 11.3. The Kier molecular flexibility index (Phi) is 7.63. The predicted octanol–water partition coefficient (Wildman–Crippen LogP) is 7.85. The minimum Gasteiger partial charge on any atom is -0.422 e. The number of nitrogens with zero attached hydrogens (tertiary/aromatic N) is 1. The van der Waals surface area contributed by atoms with E-state index in [9.17, 15) is 9.59 Å². The number of benzene rings is 4. The van der Waals surface area contributed by atoms with Crippen molar-refractivity contribution in [3.05, 3.63) is 122 Å². The molecule has 1 aromatic heterocycles. The van der Waals surface area contributed by atoms with Gasteiger partial charge < -0.3 is 9.72 Å². The third-order valence-electron chi connectivity index (χ3n) is 6.16. The summed E-state index contributed by atoms with van der Waals surface area (Å²) in [6.07, 6.45) is 1.43. The summed E-state index contributed by atoms with van der Waals surface area (Å²) in [4.78, 5) is 29.2. The molecular weight excluding hydrogens is 578 g/mol. The topological polar surface area (TPSA) is 83.5 Å². The van der Waals surface area contributed by atoms with Crippen LogP contribution in [-0.2, 0) is 0 Å². The lowest BCUT2D eigenvalue weighted by molar-refractivity contribution is 0.0734. The van der Waals surface area contributed by atoms with E-state index in [1.165, 1.54) is 6.21 Å². The fourth-order valence-corrected chi connectivity index (χ4v) is 4.81. The molecule has 0 fully saturated rings. The van der Waals surface area contributed by atoms with Gasteiger partial charge in [-0.2, -0.15) is 5.10 Å². The quantitative estimate of drug-likeness (QED) is 0.0901. The van der Waals surface area contributed by atoms with E-state index in [4.69, 9.17) is 16.3 Å². The molecule has 1 amide bonds. The normalized spacial score (nSPS) is 11.2. The maximum Gasteiger partial charge on any atom is 0.343 e. The molecule has 0 unspecified atom stereocenters. The van der Waals surface area contributed by atoms with Crippen LogP contribution in [0.15, 0.2) is 94.5 Å². The fraction of sp³-hybridized carbons (Fsp3) is 0.0645. The summed E-state index contributed by atoms with van der Waals surface area (Å²) in [7, 11) is 0. The van der Waals surface area contributed by atoms with E-state index in [2.05, 4.69) is 31.4 Å². The number of hydrogen-bond donors (Lipinski definition) is 2. The number of esters is 1. The lowest BCUT2D eigenvalue weighted by Gasteiger charge is -2.09. The molecule has 0 spiro atoms. The Balaban J connectivity index is 1.43. The van der Waals surface area contributed by atoms with Gasteiger partial charge in [0.2, 0.25) is 0 Å². The summed E-state index contributed by atoms with van der Waals surface area (Å²) >= 11 is 9.96. The lowest BCUT2D eigenvalue weighted by atomic mass is 10.0. The summed E-state index contributed by atoms with van der Waals surface area (Å²) in [5.41, 5.74) is 8.20. The Labute approximate surface area is 238 Å². The van der Waals surface area contributed by atoms with Gasteiger partial charge in [-0.25, -0.2) is 10.2 Å². The van der Waals surface area contributed by atoms with Crippen LogP contribution in [0.5, 0.6) is 5.75 Å². The van der Waals surface area contributed by atoms with Crippen molar-refractivity contribution in [2.45, 2.75) is 13.8 Å². The van der Waals surface area contributed by atoms with Gasteiger partial charge in [0, 0.05) is 37.1 Å². The van der Waals surface area contributed by atoms with Crippen LogP contribution in [0.2, 0.25) is 5.02 Å². The summed E-state index contributed by atoms with van der Waals surface area (Å²) in [5.74, 6) is -0.628. The van der Waals surface area contributed by atoms with Crippen molar-refractivity contribution in [2.24, 2.45) is 5.10 Å². The molecule has 0 bridgehead atoms. The Morgan fingerprint density at radius 3 is 2.46 bits per heavy atom. The van der Waals surface area contributed by atoms with Gasteiger partial charge >= 0.3 is 5.97 Å². The number of amides is 1. The van der Waals surface area contributed by atoms with E-state index in [0.717, 1.165) is 32.1 Å². The number of nitrogens with one attached hydrogen (secondary N) is 2. The van der Waals surface area contributed by atoms with E-state index in [1.54, 1.807) is 36.4 Å². The van der Waals surface area contributed by atoms with Gasteiger partial charge in [-0.3, -0.25) is 4.79 Å². The second-order valence-corrected chi connectivity index (χ2v) is 10.4. The maximum atomic E-state index is 13.3. The van der Waals surface area contributed by atoms with Crippen molar-refractivity contribution in [1.82, 2.24) is 10.4 Å².